The quantitative estimate of drug-likeness (QED) is 0.569. The summed E-state index contributed by atoms with van der Waals surface area (Å²) in [7, 11) is 1.38. The molecule has 0 spiro atoms. The average Bonchev–Trinajstić information content (AvgIpc) is 2.35. The Morgan fingerprint density at radius 3 is 2.31 bits per heavy atom. The predicted octanol–water partition coefficient (Wildman–Crippen LogP) is 3.45. The molecule has 0 aliphatic rings. The molecule has 0 aliphatic carbocycles. The number of carbonyl (C=O) groups excluding carboxylic acids is 1. The molecule has 0 heterocycles. The third-order valence-corrected chi connectivity index (χ3v) is 2.28. The van der Waals surface area contributed by atoms with Crippen LogP contribution < -0.4 is 0 Å². The molecule has 0 unspecified atom stereocenters. The maximum absolute atomic E-state index is 11.2. The molecule has 0 aromatic heterocycles. The average molecular weight is 216 g/mol. The minimum Gasteiger partial charge on any atom is -0.465 e. The van der Waals surface area contributed by atoms with Crippen molar-refractivity contribution in [3.05, 3.63) is 54.1 Å². The van der Waals surface area contributed by atoms with Crippen LogP contribution in [0.25, 0.3) is 5.57 Å². The summed E-state index contributed by atoms with van der Waals surface area (Å²) in [5.41, 5.74) is 2.70. The summed E-state index contributed by atoms with van der Waals surface area (Å²) < 4.78 is 4.64. The van der Waals surface area contributed by atoms with Gasteiger partial charge in [-0.2, -0.15) is 0 Å². The van der Waals surface area contributed by atoms with Crippen LogP contribution in [0.4, 0.5) is 0 Å². The molecule has 2 nitrogen and oxygen atoms in total. The Morgan fingerprint density at radius 2 is 1.88 bits per heavy atom. The molecule has 0 radical (unpaired) electrons. The minimum absolute atomic E-state index is 0.314. The zero-order chi connectivity index (χ0) is 12.0. The van der Waals surface area contributed by atoms with E-state index in [-0.39, 0.29) is 5.97 Å². The van der Waals surface area contributed by atoms with Gasteiger partial charge in [0, 0.05) is 0 Å². The van der Waals surface area contributed by atoms with E-state index in [9.17, 15) is 4.79 Å². The molecule has 0 aliphatic heterocycles. The lowest BCUT2D eigenvalue weighted by atomic mass is 10.0. The number of esters is 1. The first-order chi connectivity index (χ1) is 7.72. The van der Waals surface area contributed by atoms with Crippen LogP contribution in [0.15, 0.2) is 43.0 Å². The van der Waals surface area contributed by atoms with E-state index in [1.807, 2.05) is 18.2 Å². The van der Waals surface area contributed by atoms with E-state index in [1.54, 1.807) is 12.1 Å². The maximum atomic E-state index is 11.2. The highest BCUT2D eigenvalue weighted by Gasteiger charge is 2.04. The van der Waals surface area contributed by atoms with Gasteiger partial charge >= 0.3 is 5.97 Å². The number of rotatable bonds is 4. The Morgan fingerprint density at radius 1 is 1.31 bits per heavy atom. The van der Waals surface area contributed by atoms with Crippen LogP contribution >= 0.6 is 0 Å². The van der Waals surface area contributed by atoms with Gasteiger partial charge in [-0.1, -0.05) is 37.8 Å². The monoisotopic (exact) mass is 216 g/mol. The van der Waals surface area contributed by atoms with Crippen molar-refractivity contribution in [1.29, 1.82) is 0 Å². The van der Waals surface area contributed by atoms with Crippen molar-refractivity contribution in [1.82, 2.24) is 0 Å². The Labute approximate surface area is 96.2 Å². The number of hydrogen-bond donors (Lipinski definition) is 0. The van der Waals surface area contributed by atoms with Gasteiger partial charge in [0.2, 0.25) is 0 Å². The van der Waals surface area contributed by atoms with Gasteiger partial charge < -0.3 is 4.74 Å². The lowest BCUT2D eigenvalue weighted by Crippen LogP contribution is -2.00. The lowest BCUT2D eigenvalue weighted by molar-refractivity contribution is 0.0601. The third kappa shape index (κ3) is 2.83. The van der Waals surface area contributed by atoms with Crippen LogP contribution in [0, 0.1) is 0 Å². The SMILES string of the molecule is C=C/C(=C\CC)c1ccc(C(=O)OC)cc1. The van der Waals surface area contributed by atoms with E-state index in [0.29, 0.717) is 5.56 Å². The van der Waals surface area contributed by atoms with Gasteiger partial charge in [0.25, 0.3) is 0 Å². The summed E-state index contributed by atoms with van der Waals surface area (Å²) in [5, 5.41) is 0. The Balaban J connectivity index is 2.98. The Kier molecular flexibility index (Phi) is 4.52. The number of benzene rings is 1. The van der Waals surface area contributed by atoms with Crippen LogP contribution in [-0.2, 0) is 4.74 Å². The topological polar surface area (TPSA) is 26.3 Å². The lowest BCUT2D eigenvalue weighted by Gasteiger charge is -2.03. The van der Waals surface area contributed by atoms with Crippen LogP contribution in [0.1, 0.15) is 29.3 Å². The molecule has 0 atom stereocenters. The molecule has 0 fully saturated rings. The Hall–Kier alpha value is -1.83. The number of hydrogen-bond acceptors (Lipinski definition) is 2. The molecular formula is C14H16O2. The number of methoxy groups -OCH3 is 1. The molecule has 1 aromatic rings. The van der Waals surface area contributed by atoms with Gasteiger partial charge in [0.05, 0.1) is 12.7 Å². The highest BCUT2D eigenvalue weighted by atomic mass is 16.5. The number of carbonyl (C=O) groups is 1. The van der Waals surface area contributed by atoms with Crippen molar-refractivity contribution < 1.29 is 9.53 Å². The second kappa shape index (κ2) is 5.91. The molecule has 1 aromatic carbocycles. The van der Waals surface area contributed by atoms with Crippen LogP contribution in [0.3, 0.4) is 0 Å². The second-order valence-corrected chi connectivity index (χ2v) is 3.34. The zero-order valence-electron chi connectivity index (χ0n) is 9.69. The second-order valence-electron chi connectivity index (χ2n) is 3.34. The van der Waals surface area contributed by atoms with Gasteiger partial charge in [-0.25, -0.2) is 4.79 Å². The minimum atomic E-state index is -0.314. The van der Waals surface area contributed by atoms with Gasteiger partial charge in [-0.15, -0.1) is 0 Å². The zero-order valence-corrected chi connectivity index (χ0v) is 9.69. The van der Waals surface area contributed by atoms with Crippen molar-refractivity contribution in [3.63, 3.8) is 0 Å². The molecule has 1 rings (SSSR count). The summed E-state index contributed by atoms with van der Waals surface area (Å²) >= 11 is 0. The van der Waals surface area contributed by atoms with E-state index in [1.165, 1.54) is 7.11 Å². The standard InChI is InChI=1S/C14H16O2/c1-4-6-11(5-2)12-7-9-13(10-8-12)14(15)16-3/h5-10H,2,4H2,1,3H3/b11-6+. The van der Waals surface area contributed by atoms with Crippen molar-refractivity contribution >= 4 is 11.5 Å². The largest absolute Gasteiger partial charge is 0.465 e. The van der Waals surface area contributed by atoms with Crippen LogP contribution in [-0.4, -0.2) is 13.1 Å². The van der Waals surface area contributed by atoms with E-state index in [4.69, 9.17) is 0 Å². The molecular weight excluding hydrogens is 200 g/mol. The molecule has 0 amide bonds. The molecule has 16 heavy (non-hydrogen) atoms. The smallest absolute Gasteiger partial charge is 0.337 e. The van der Waals surface area contributed by atoms with Crippen molar-refractivity contribution in [2.75, 3.05) is 7.11 Å². The fourth-order valence-electron chi connectivity index (χ4n) is 1.46. The number of ether oxygens (including phenoxy) is 1. The fraction of sp³-hybridized carbons (Fsp3) is 0.214. The van der Waals surface area contributed by atoms with Crippen molar-refractivity contribution in [3.8, 4) is 0 Å². The first kappa shape index (κ1) is 12.2. The van der Waals surface area contributed by atoms with Crippen LogP contribution in [0.2, 0.25) is 0 Å². The maximum Gasteiger partial charge on any atom is 0.337 e. The summed E-state index contributed by atoms with van der Waals surface area (Å²) in [6.45, 7) is 5.85. The highest BCUT2D eigenvalue weighted by Crippen LogP contribution is 2.17. The normalized spacial score (nSPS) is 11.0. The van der Waals surface area contributed by atoms with E-state index in [2.05, 4.69) is 24.3 Å². The number of allylic oxidation sites excluding steroid dienone is 3. The Bertz CT molecular complexity index is 399. The molecule has 0 saturated heterocycles. The van der Waals surface area contributed by atoms with Gasteiger partial charge in [-0.05, 0) is 29.7 Å². The summed E-state index contributed by atoms with van der Waals surface area (Å²) in [4.78, 5) is 11.2. The third-order valence-electron chi connectivity index (χ3n) is 2.28. The van der Waals surface area contributed by atoms with Gasteiger partial charge in [0.1, 0.15) is 0 Å². The van der Waals surface area contributed by atoms with Gasteiger partial charge in [-0.3, -0.25) is 0 Å². The highest BCUT2D eigenvalue weighted by molar-refractivity contribution is 5.90. The molecule has 0 saturated carbocycles. The molecule has 0 bridgehead atoms. The van der Waals surface area contributed by atoms with E-state index < -0.39 is 0 Å². The first-order valence-electron chi connectivity index (χ1n) is 5.24. The molecule has 2 heteroatoms. The predicted molar refractivity (Wildman–Crippen MR) is 66.2 cm³/mol. The van der Waals surface area contributed by atoms with Gasteiger partial charge in [0.15, 0.2) is 0 Å². The van der Waals surface area contributed by atoms with E-state index in [0.717, 1.165) is 17.6 Å². The molecule has 0 N–H and O–H groups in total. The van der Waals surface area contributed by atoms with Crippen molar-refractivity contribution in [2.24, 2.45) is 0 Å². The van der Waals surface area contributed by atoms with Crippen LogP contribution in [0.5, 0.6) is 0 Å². The van der Waals surface area contributed by atoms with Crippen molar-refractivity contribution in [2.45, 2.75) is 13.3 Å². The summed E-state index contributed by atoms with van der Waals surface area (Å²) in [5.74, 6) is -0.314. The summed E-state index contributed by atoms with van der Waals surface area (Å²) in [6, 6.07) is 7.31. The first-order valence-corrected chi connectivity index (χ1v) is 5.24. The summed E-state index contributed by atoms with van der Waals surface area (Å²) in [6.07, 6.45) is 4.87. The molecule has 84 valence electrons. The van der Waals surface area contributed by atoms with E-state index >= 15 is 0 Å². The fourth-order valence-corrected chi connectivity index (χ4v) is 1.46.